The number of hydrogen-bond donors (Lipinski definition) is 1. The van der Waals surface area contributed by atoms with Crippen molar-refractivity contribution in [3.63, 3.8) is 0 Å². The molecule has 2 rings (SSSR count). The van der Waals surface area contributed by atoms with Crippen molar-refractivity contribution in [1.29, 1.82) is 0 Å². The first-order valence-corrected chi connectivity index (χ1v) is 8.23. The molecule has 0 aromatic carbocycles. The summed E-state index contributed by atoms with van der Waals surface area (Å²) in [6.45, 7) is 15.4. The molecule has 1 heterocycles. The maximum Gasteiger partial charge on any atom is 0.0126 e. The summed E-state index contributed by atoms with van der Waals surface area (Å²) in [4.78, 5) is 5.39. The fourth-order valence-electron chi connectivity index (χ4n) is 3.73. The highest BCUT2D eigenvalue weighted by atomic mass is 15.3. The van der Waals surface area contributed by atoms with Gasteiger partial charge in [-0.3, -0.25) is 9.80 Å². The standard InChI is InChI=1S/C16H33N3/c1-5-17-14-7-6-8-15(13-14)18-9-11-19(12-10-18)16(2,3)4/h14-15,17H,5-13H2,1-4H3. The topological polar surface area (TPSA) is 18.5 Å². The Labute approximate surface area is 119 Å². The minimum Gasteiger partial charge on any atom is -0.314 e. The van der Waals surface area contributed by atoms with Crippen LogP contribution in [0.4, 0.5) is 0 Å². The molecule has 2 unspecified atom stereocenters. The minimum atomic E-state index is 0.338. The van der Waals surface area contributed by atoms with Gasteiger partial charge in [-0.05, 0) is 46.6 Å². The van der Waals surface area contributed by atoms with Crippen LogP contribution in [0.15, 0.2) is 0 Å². The summed E-state index contributed by atoms with van der Waals surface area (Å²) in [5.74, 6) is 0. The summed E-state index contributed by atoms with van der Waals surface area (Å²) < 4.78 is 0. The van der Waals surface area contributed by atoms with Gasteiger partial charge in [0, 0.05) is 43.8 Å². The average Bonchev–Trinajstić information content (AvgIpc) is 2.39. The van der Waals surface area contributed by atoms with Gasteiger partial charge in [-0.15, -0.1) is 0 Å². The normalized spacial score (nSPS) is 31.6. The molecule has 0 spiro atoms. The molecule has 0 aromatic rings. The van der Waals surface area contributed by atoms with Crippen molar-refractivity contribution in [3.8, 4) is 0 Å². The molecule has 112 valence electrons. The van der Waals surface area contributed by atoms with Crippen LogP contribution in [-0.4, -0.2) is 60.1 Å². The van der Waals surface area contributed by atoms with Crippen LogP contribution in [0.1, 0.15) is 53.4 Å². The molecule has 3 heteroatoms. The Hall–Kier alpha value is -0.120. The molecule has 19 heavy (non-hydrogen) atoms. The van der Waals surface area contributed by atoms with E-state index in [1.54, 1.807) is 0 Å². The fraction of sp³-hybridized carbons (Fsp3) is 1.00. The number of nitrogens with one attached hydrogen (secondary N) is 1. The van der Waals surface area contributed by atoms with E-state index >= 15 is 0 Å². The molecule has 1 saturated heterocycles. The number of nitrogens with zero attached hydrogens (tertiary/aromatic N) is 2. The van der Waals surface area contributed by atoms with Crippen molar-refractivity contribution in [1.82, 2.24) is 15.1 Å². The molecule has 3 nitrogen and oxygen atoms in total. The first-order valence-electron chi connectivity index (χ1n) is 8.23. The van der Waals surface area contributed by atoms with Crippen LogP contribution in [0.5, 0.6) is 0 Å². The number of rotatable bonds is 3. The van der Waals surface area contributed by atoms with Crippen LogP contribution in [0.2, 0.25) is 0 Å². The van der Waals surface area contributed by atoms with Crippen LogP contribution >= 0.6 is 0 Å². The van der Waals surface area contributed by atoms with E-state index in [1.807, 2.05) is 0 Å². The smallest absolute Gasteiger partial charge is 0.0126 e. The summed E-state index contributed by atoms with van der Waals surface area (Å²) in [6, 6.07) is 1.60. The maximum atomic E-state index is 3.65. The Morgan fingerprint density at radius 2 is 1.74 bits per heavy atom. The predicted molar refractivity (Wildman–Crippen MR) is 82.6 cm³/mol. The van der Waals surface area contributed by atoms with E-state index in [0.717, 1.165) is 18.6 Å². The van der Waals surface area contributed by atoms with Gasteiger partial charge >= 0.3 is 0 Å². The average molecular weight is 267 g/mol. The second-order valence-corrected chi connectivity index (χ2v) is 7.27. The second kappa shape index (κ2) is 6.55. The van der Waals surface area contributed by atoms with Gasteiger partial charge in [-0.25, -0.2) is 0 Å². The fourth-order valence-corrected chi connectivity index (χ4v) is 3.73. The zero-order valence-corrected chi connectivity index (χ0v) is 13.4. The van der Waals surface area contributed by atoms with Crippen molar-refractivity contribution >= 4 is 0 Å². The Balaban J connectivity index is 1.81. The molecule has 0 amide bonds. The molecular weight excluding hydrogens is 234 g/mol. The Bertz CT molecular complexity index is 262. The number of piperazine rings is 1. The van der Waals surface area contributed by atoms with E-state index in [9.17, 15) is 0 Å². The zero-order valence-electron chi connectivity index (χ0n) is 13.4. The minimum absolute atomic E-state index is 0.338. The van der Waals surface area contributed by atoms with Gasteiger partial charge in [0.2, 0.25) is 0 Å². The van der Waals surface area contributed by atoms with Gasteiger partial charge in [0.1, 0.15) is 0 Å². The van der Waals surface area contributed by atoms with Crippen molar-refractivity contribution in [3.05, 3.63) is 0 Å². The summed E-state index contributed by atoms with van der Waals surface area (Å²) in [5, 5.41) is 3.65. The maximum absolute atomic E-state index is 3.65. The molecule has 1 aliphatic heterocycles. The lowest BCUT2D eigenvalue weighted by Crippen LogP contribution is -2.56. The van der Waals surface area contributed by atoms with Gasteiger partial charge in [0.05, 0.1) is 0 Å². The highest BCUT2D eigenvalue weighted by molar-refractivity contribution is 4.88. The Morgan fingerprint density at radius 3 is 2.32 bits per heavy atom. The van der Waals surface area contributed by atoms with Gasteiger partial charge < -0.3 is 5.32 Å². The molecular formula is C16H33N3. The molecule has 0 radical (unpaired) electrons. The lowest BCUT2D eigenvalue weighted by molar-refractivity contribution is 0.0297. The van der Waals surface area contributed by atoms with E-state index in [-0.39, 0.29) is 0 Å². The lowest BCUT2D eigenvalue weighted by atomic mass is 9.89. The predicted octanol–water partition coefficient (Wildman–Crippen LogP) is 2.32. The van der Waals surface area contributed by atoms with Crippen LogP contribution in [0, 0.1) is 0 Å². The first-order chi connectivity index (χ1) is 9.00. The SMILES string of the molecule is CCNC1CCCC(N2CCN(C(C)(C)C)CC2)C1. The van der Waals surface area contributed by atoms with E-state index in [4.69, 9.17) is 0 Å². The first kappa shape index (κ1) is 15.3. The molecule has 1 aliphatic carbocycles. The molecule has 2 aliphatic rings. The van der Waals surface area contributed by atoms with Crippen LogP contribution in [-0.2, 0) is 0 Å². The largest absolute Gasteiger partial charge is 0.314 e. The van der Waals surface area contributed by atoms with Crippen molar-refractivity contribution in [2.75, 3.05) is 32.7 Å². The summed E-state index contributed by atoms with van der Waals surface area (Å²) in [6.07, 6.45) is 5.56. The van der Waals surface area contributed by atoms with E-state index in [2.05, 4.69) is 42.8 Å². The quantitative estimate of drug-likeness (QED) is 0.846. The molecule has 0 aromatic heterocycles. The van der Waals surface area contributed by atoms with Crippen molar-refractivity contribution < 1.29 is 0 Å². The third-order valence-electron chi connectivity index (χ3n) is 4.92. The Morgan fingerprint density at radius 1 is 1.05 bits per heavy atom. The second-order valence-electron chi connectivity index (χ2n) is 7.27. The lowest BCUT2D eigenvalue weighted by Gasteiger charge is -2.46. The van der Waals surface area contributed by atoms with Crippen molar-refractivity contribution in [2.24, 2.45) is 0 Å². The third-order valence-corrected chi connectivity index (χ3v) is 4.92. The number of hydrogen-bond acceptors (Lipinski definition) is 3. The summed E-state index contributed by atoms with van der Waals surface area (Å²) in [7, 11) is 0. The van der Waals surface area contributed by atoms with Crippen LogP contribution in [0.25, 0.3) is 0 Å². The zero-order chi connectivity index (χ0) is 13.9. The monoisotopic (exact) mass is 267 g/mol. The third kappa shape index (κ3) is 4.17. The molecule has 1 saturated carbocycles. The molecule has 0 bridgehead atoms. The molecule has 2 atom stereocenters. The van der Waals surface area contributed by atoms with Crippen LogP contribution < -0.4 is 5.32 Å². The molecule has 1 N–H and O–H groups in total. The van der Waals surface area contributed by atoms with Gasteiger partial charge in [-0.1, -0.05) is 13.3 Å². The highest BCUT2D eigenvalue weighted by Gasteiger charge is 2.31. The van der Waals surface area contributed by atoms with E-state index < -0.39 is 0 Å². The van der Waals surface area contributed by atoms with Crippen molar-refractivity contribution in [2.45, 2.75) is 71.0 Å². The summed E-state index contributed by atoms with van der Waals surface area (Å²) in [5.41, 5.74) is 0.338. The van der Waals surface area contributed by atoms with Crippen LogP contribution in [0.3, 0.4) is 0 Å². The summed E-state index contributed by atoms with van der Waals surface area (Å²) >= 11 is 0. The Kier molecular flexibility index (Phi) is 5.27. The van der Waals surface area contributed by atoms with Gasteiger partial charge in [-0.2, -0.15) is 0 Å². The molecule has 2 fully saturated rings. The van der Waals surface area contributed by atoms with Gasteiger partial charge in [0.25, 0.3) is 0 Å². The highest BCUT2D eigenvalue weighted by Crippen LogP contribution is 2.25. The van der Waals surface area contributed by atoms with E-state index in [0.29, 0.717) is 5.54 Å². The van der Waals surface area contributed by atoms with Gasteiger partial charge in [0.15, 0.2) is 0 Å². The van der Waals surface area contributed by atoms with E-state index in [1.165, 1.54) is 51.9 Å².